The Kier molecular flexibility index (Phi) is 4.29. The maximum absolute atomic E-state index is 12.2. The lowest BCUT2D eigenvalue weighted by molar-refractivity contribution is 0.413. The second kappa shape index (κ2) is 6.62. The van der Waals surface area contributed by atoms with Crippen LogP contribution in [0.25, 0.3) is 4.91 Å². The van der Waals surface area contributed by atoms with Crippen LogP contribution >= 0.6 is 11.8 Å². The van der Waals surface area contributed by atoms with Crippen LogP contribution in [0.5, 0.6) is 5.75 Å². The number of sulfone groups is 1. The molecule has 8 heteroatoms. The largest absolute Gasteiger partial charge is 0.497 e. The molecule has 0 spiro atoms. The van der Waals surface area contributed by atoms with Crippen molar-refractivity contribution in [2.45, 2.75) is 16.5 Å². The van der Waals surface area contributed by atoms with Gasteiger partial charge in [-0.15, -0.1) is 10.2 Å². The van der Waals surface area contributed by atoms with Crippen molar-refractivity contribution in [2.24, 2.45) is 0 Å². The average Bonchev–Trinajstić information content (AvgIpc) is 3.18. The lowest BCUT2D eigenvalue weighted by Gasteiger charge is -2.01. The molecule has 0 N–H and O–H groups in total. The fourth-order valence-electron chi connectivity index (χ4n) is 2.63. The van der Waals surface area contributed by atoms with Gasteiger partial charge in [0.05, 0.1) is 23.8 Å². The summed E-state index contributed by atoms with van der Waals surface area (Å²) in [5.74, 6) is 1.25. The van der Waals surface area contributed by atoms with Crippen LogP contribution < -0.4 is 4.74 Å². The average molecular weight is 386 g/mol. The van der Waals surface area contributed by atoms with E-state index in [2.05, 4.69) is 10.2 Å². The van der Waals surface area contributed by atoms with Gasteiger partial charge >= 0.3 is 0 Å². The molecular weight excluding hydrogens is 372 g/mol. The molecule has 0 saturated carbocycles. The van der Waals surface area contributed by atoms with E-state index in [0.29, 0.717) is 32.9 Å². The number of ether oxygens (including phenoxy) is 1. The van der Waals surface area contributed by atoms with Gasteiger partial charge in [0.25, 0.3) is 5.22 Å². The van der Waals surface area contributed by atoms with Gasteiger partial charge in [-0.25, -0.2) is 8.42 Å². The number of hydrogen-bond donors (Lipinski definition) is 0. The summed E-state index contributed by atoms with van der Waals surface area (Å²) in [5, 5.41) is 9.62. The zero-order chi connectivity index (χ0) is 18.1. The summed E-state index contributed by atoms with van der Waals surface area (Å²) in [7, 11) is -1.79. The normalized spacial score (nSPS) is 14.7. The van der Waals surface area contributed by atoms with Crippen LogP contribution in [0, 0.1) is 0 Å². The molecule has 0 amide bonds. The van der Waals surface area contributed by atoms with E-state index in [1.165, 1.54) is 5.41 Å². The van der Waals surface area contributed by atoms with Crippen LogP contribution in [-0.2, 0) is 16.3 Å². The third-order valence-electron chi connectivity index (χ3n) is 3.88. The lowest BCUT2D eigenvalue weighted by Crippen LogP contribution is -1.91. The summed E-state index contributed by atoms with van der Waals surface area (Å²) in [6.45, 7) is 0. The predicted octanol–water partition coefficient (Wildman–Crippen LogP) is 3.55. The molecule has 0 aliphatic carbocycles. The van der Waals surface area contributed by atoms with Gasteiger partial charge in [-0.2, -0.15) is 0 Å². The van der Waals surface area contributed by atoms with Crippen LogP contribution in [0.3, 0.4) is 0 Å². The van der Waals surface area contributed by atoms with Crippen molar-refractivity contribution in [3.05, 3.63) is 71.0 Å². The maximum atomic E-state index is 12.2. The second-order valence-corrected chi connectivity index (χ2v) is 8.37. The van der Waals surface area contributed by atoms with Crippen molar-refractivity contribution in [3.8, 4) is 5.75 Å². The Bertz CT molecular complexity index is 1090. The van der Waals surface area contributed by atoms with E-state index in [1.807, 2.05) is 24.3 Å². The number of fused-ring (bicyclic) bond motifs is 1. The minimum atomic E-state index is -3.41. The molecule has 0 unspecified atom stereocenters. The lowest BCUT2D eigenvalue weighted by atomic mass is 10.1. The first-order valence-electron chi connectivity index (χ1n) is 7.74. The Morgan fingerprint density at radius 1 is 1.08 bits per heavy atom. The summed E-state index contributed by atoms with van der Waals surface area (Å²) in [6, 6.07) is 14.5. The predicted molar refractivity (Wildman–Crippen MR) is 97.6 cm³/mol. The summed E-state index contributed by atoms with van der Waals surface area (Å²) in [5.41, 5.74) is 1.67. The molecule has 0 atom stereocenters. The molecule has 0 bridgehead atoms. The topological polar surface area (TPSA) is 82.3 Å². The zero-order valence-electron chi connectivity index (χ0n) is 13.7. The molecule has 0 radical (unpaired) electrons. The van der Waals surface area contributed by atoms with E-state index in [0.717, 1.165) is 23.1 Å². The van der Waals surface area contributed by atoms with Crippen LogP contribution in [-0.4, -0.2) is 25.7 Å². The molecule has 0 fully saturated rings. The van der Waals surface area contributed by atoms with Gasteiger partial charge in [0.15, 0.2) is 0 Å². The van der Waals surface area contributed by atoms with Crippen molar-refractivity contribution in [1.29, 1.82) is 0 Å². The van der Waals surface area contributed by atoms with E-state index in [9.17, 15) is 8.42 Å². The molecule has 0 saturated heterocycles. The maximum Gasteiger partial charge on any atom is 0.281 e. The summed E-state index contributed by atoms with van der Waals surface area (Å²) in [4.78, 5) is 0.890. The number of benzene rings is 2. The summed E-state index contributed by atoms with van der Waals surface area (Å²) < 4.78 is 35.2. The first-order chi connectivity index (χ1) is 12.5. The van der Waals surface area contributed by atoms with Gasteiger partial charge in [-0.3, -0.25) is 0 Å². The Hall–Kier alpha value is -2.58. The van der Waals surface area contributed by atoms with E-state index in [4.69, 9.17) is 9.15 Å². The Labute approximate surface area is 154 Å². The highest BCUT2D eigenvalue weighted by atomic mass is 32.2. The zero-order valence-corrected chi connectivity index (χ0v) is 15.4. The van der Waals surface area contributed by atoms with Crippen molar-refractivity contribution < 1.29 is 17.6 Å². The summed E-state index contributed by atoms with van der Waals surface area (Å²) >= 11 is 1.16. The molecule has 2 heterocycles. The third-order valence-corrected chi connectivity index (χ3v) is 6.44. The molecule has 132 valence electrons. The quantitative estimate of drug-likeness (QED) is 0.663. The van der Waals surface area contributed by atoms with E-state index < -0.39 is 9.84 Å². The minimum absolute atomic E-state index is 0.306. The number of rotatable bonds is 5. The van der Waals surface area contributed by atoms with Crippen LogP contribution in [0.4, 0.5) is 0 Å². The van der Waals surface area contributed by atoms with Gasteiger partial charge in [0.2, 0.25) is 15.7 Å². The second-order valence-electron chi connectivity index (χ2n) is 5.61. The van der Waals surface area contributed by atoms with Crippen LogP contribution in [0.2, 0.25) is 0 Å². The number of methoxy groups -OCH3 is 1. The van der Waals surface area contributed by atoms with Gasteiger partial charge in [-0.1, -0.05) is 30.3 Å². The standard InChI is InChI=1S/C18H14N2O4S2/c1-23-13-8-6-12(7-9-13)10-17-19-20-18(24-17)25-15-11-26(21,22)16-5-3-2-4-14(15)16/h2-9,11H,10H2,1H3. The molecular formula is C18H14N2O4S2. The van der Waals surface area contributed by atoms with Crippen LogP contribution in [0.15, 0.2) is 68.5 Å². The van der Waals surface area contributed by atoms with Crippen molar-refractivity contribution >= 4 is 26.5 Å². The summed E-state index contributed by atoms with van der Waals surface area (Å²) in [6.07, 6.45) is 0.492. The molecule has 3 aromatic rings. The van der Waals surface area contributed by atoms with Gasteiger partial charge in [0, 0.05) is 10.5 Å². The smallest absolute Gasteiger partial charge is 0.281 e. The number of hydrogen-bond acceptors (Lipinski definition) is 7. The number of nitrogens with zero attached hydrogens (tertiary/aromatic N) is 2. The number of thioether (sulfide) groups is 1. The Morgan fingerprint density at radius 3 is 2.62 bits per heavy atom. The van der Waals surface area contributed by atoms with Gasteiger partial charge in [0.1, 0.15) is 5.75 Å². The molecule has 26 heavy (non-hydrogen) atoms. The molecule has 6 nitrogen and oxygen atoms in total. The highest BCUT2D eigenvalue weighted by Gasteiger charge is 2.28. The molecule has 4 rings (SSSR count). The number of aromatic nitrogens is 2. The fourth-order valence-corrected chi connectivity index (χ4v) is 5.25. The molecule has 1 aliphatic heterocycles. The van der Waals surface area contributed by atoms with Gasteiger partial charge < -0.3 is 9.15 Å². The molecule has 2 aromatic carbocycles. The van der Waals surface area contributed by atoms with Crippen molar-refractivity contribution in [3.63, 3.8) is 0 Å². The SMILES string of the molecule is COc1ccc(Cc2nnc(SC3=CS(=O)(=O)c4ccccc43)o2)cc1. The first kappa shape index (κ1) is 16.9. The fraction of sp³-hybridized carbons (Fsp3) is 0.111. The molecule has 1 aliphatic rings. The van der Waals surface area contributed by atoms with E-state index >= 15 is 0 Å². The third kappa shape index (κ3) is 3.25. The minimum Gasteiger partial charge on any atom is -0.497 e. The monoisotopic (exact) mass is 386 g/mol. The first-order valence-corrected chi connectivity index (χ1v) is 10.1. The highest BCUT2D eigenvalue weighted by molar-refractivity contribution is 8.09. The van der Waals surface area contributed by atoms with Crippen LogP contribution in [0.1, 0.15) is 17.0 Å². The van der Waals surface area contributed by atoms with Crippen molar-refractivity contribution in [1.82, 2.24) is 10.2 Å². The van der Waals surface area contributed by atoms with E-state index in [-0.39, 0.29) is 0 Å². The Morgan fingerprint density at radius 2 is 1.85 bits per heavy atom. The highest BCUT2D eigenvalue weighted by Crippen LogP contribution is 2.42. The van der Waals surface area contributed by atoms with Crippen molar-refractivity contribution in [2.75, 3.05) is 7.11 Å². The van der Waals surface area contributed by atoms with E-state index in [1.54, 1.807) is 31.4 Å². The Balaban J connectivity index is 1.52. The van der Waals surface area contributed by atoms with Gasteiger partial charge in [-0.05, 0) is 35.5 Å². The molecule has 1 aromatic heterocycles.